The Bertz CT molecular complexity index is 169. The van der Waals surface area contributed by atoms with Crippen LogP contribution in [0.15, 0.2) is 0 Å². The van der Waals surface area contributed by atoms with E-state index in [0.29, 0.717) is 13.2 Å². The Kier molecular flexibility index (Phi) is 21.4. The quantitative estimate of drug-likeness (QED) is 0.283. The van der Waals surface area contributed by atoms with Gasteiger partial charge in [0.25, 0.3) is 0 Å². The maximum absolute atomic E-state index is 10.8. The van der Waals surface area contributed by atoms with Gasteiger partial charge in [0.1, 0.15) is 6.61 Å². The Labute approximate surface area is 137 Å². The number of ether oxygens (including phenoxy) is 2. The largest absolute Gasteiger partial charge is 1.00 e. The van der Waals surface area contributed by atoms with Gasteiger partial charge in [0.2, 0.25) is 0 Å². The molecule has 15 heavy (non-hydrogen) atoms. The molecule has 0 rings (SSSR count). The molecular formula is C8H17NNa2O4. The second-order valence-corrected chi connectivity index (χ2v) is 2.26. The molecule has 0 atom stereocenters. The van der Waals surface area contributed by atoms with Crippen molar-refractivity contribution >= 4 is 11.9 Å². The van der Waals surface area contributed by atoms with Crippen LogP contribution in [0.25, 0.3) is 0 Å². The number of hydrogen-bond acceptors (Lipinski definition) is 5. The van der Waals surface area contributed by atoms with Gasteiger partial charge in [-0.1, -0.05) is 6.92 Å². The number of rotatable bonds is 6. The molecule has 7 heteroatoms. The maximum atomic E-state index is 10.8. The first-order valence-corrected chi connectivity index (χ1v) is 4.22. The summed E-state index contributed by atoms with van der Waals surface area (Å²) in [6.07, 6.45) is 0. The fraction of sp³-hybridized carbons (Fsp3) is 0.750. The third kappa shape index (κ3) is 15.1. The van der Waals surface area contributed by atoms with Crippen molar-refractivity contribution in [2.24, 2.45) is 0 Å². The number of carbonyl (C=O) groups is 2. The van der Waals surface area contributed by atoms with Crippen LogP contribution in [0.4, 0.5) is 0 Å². The molecule has 5 nitrogen and oxygen atoms in total. The topological polar surface area (TPSA) is 64.6 Å². The van der Waals surface area contributed by atoms with E-state index >= 15 is 0 Å². The number of nitrogens with one attached hydrogen (secondary N) is 1. The number of esters is 2. The third-order valence-electron chi connectivity index (χ3n) is 1.17. The molecule has 0 aromatic heterocycles. The monoisotopic (exact) mass is 237 g/mol. The van der Waals surface area contributed by atoms with Gasteiger partial charge >= 0.3 is 71.1 Å². The predicted molar refractivity (Wildman–Crippen MR) is 48.4 cm³/mol. The molecule has 0 aliphatic carbocycles. The van der Waals surface area contributed by atoms with Crippen LogP contribution < -0.4 is 64.4 Å². The van der Waals surface area contributed by atoms with Crippen LogP contribution in [0.3, 0.4) is 0 Å². The Morgan fingerprint density at radius 3 is 2.27 bits per heavy atom. The van der Waals surface area contributed by atoms with Gasteiger partial charge in [0.15, 0.2) is 0 Å². The molecule has 0 fully saturated rings. The van der Waals surface area contributed by atoms with Crippen LogP contribution >= 0.6 is 0 Å². The zero-order chi connectivity index (χ0) is 10.1. The van der Waals surface area contributed by atoms with E-state index in [4.69, 9.17) is 4.74 Å². The summed E-state index contributed by atoms with van der Waals surface area (Å²) in [6, 6.07) is 0. The van der Waals surface area contributed by atoms with Gasteiger partial charge in [0, 0.05) is 6.61 Å². The predicted octanol–water partition coefficient (Wildman–Crippen LogP) is -6.06. The summed E-state index contributed by atoms with van der Waals surface area (Å²) in [5, 5.41) is 2.74. The van der Waals surface area contributed by atoms with Crippen LogP contribution in [0, 0.1) is 0 Å². The van der Waals surface area contributed by atoms with Gasteiger partial charge in [-0.25, -0.2) is 4.79 Å². The van der Waals surface area contributed by atoms with Crippen molar-refractivity contribution in [2.45, 2.75) is 13.8 Å². The van der Waals surface area contributed by atoms with Crippen LogP contribution in [-0.4, -0.2) is 38.2 Å². The van der Waals surface area contributed by atoms with Crippen molar-refractivity contribution in [1.82, 2.24) is 5.32 Å². The van der Waals surface area contributed by atoms with Gasteiger partial charge in [-0.3, -0.25) is 4.79 Å². The van der Waals surface area contributed by atoms with Crippen LogP contribution in [0.2, 0.25) is 0 Å². The minimum Gasteiger partial charge on any atom is -1.00 e. The second-order valence-electron chi connectivity index (χ2n) is 2.26. The Balaban J connectivity index is -0.000000120. The van der Waals surface area contributed by atoms with E-state index in [0.717, 1.165) is 0 Å². The average molecular weight is 237 g/mol. The first-order chi connectivity index (χ1) is 6.20. The number of hydrogen-bond donors (Lipinski definition) is 1. The first kappa shape index (κ1) is 21.4. The van der Waals surface area contributed by atoms with Gasteiger partial charge in [0.05, 0.1) is 6.54 Å². The zero-order valence-corrected chi connectivity index (χ0v) is 14.0. The van der Waals surface area contributed by atoms with E-state index in [1.165, 1.54) is 0 Å². The van der Waals surface area contributed by atoms with Crippen molar-refractivity contribution in [3.63, 3.8) is 0 Å². The molecule has 0 heterocycles. The van der Waals surface area contributed by atoms with E-state index in [1.54, 1.807) is 6.92 Å². The van der Waals surface area contributed by atoms with E-state index in [9.17, 15) is 9.59 Å². The van der Waals surface area contributed by atoms with Crippen LogP contribution in [0.5, 0.6) is 0 Å². The average Bonchev–Trinajstić information content (AvgIpc) is 2.11. The number of carbonyl (C=O) groups excluding carboxylic acids is 2. The molecule has 1 N–H and O–H groups in total. The smallest absolute Gasteiger partial charge is 1.00 e. The fourth-order valence-corrected chi connectivity index (χ4v) is 0.605. The summed E-state index contributed by atoms with van der Waals surface area (Å²) in [5.74, 6) is -1.23. The summed E-state index contributed by atoms with van der Waals surface area (Å²) >= 11 is 0. The molecule has 0 spiro atoms. The molecule has 0 aromatic carbocycles. The second kappa shape index (κ2) is 15.1. The molecule has 0 aliphatic heterocycles. The molecule has 0 aromatic rings. The Hall–Kier alpha value is 1.06. The third-order valence-corrected chi connectivity index (χ3v) is 1.17. The summed E-state index contributed by atoms with van der Waals surface area (Å²) in [7, 11) is 0. The van der Waals surface area contributed by atoms with Gasteiger partial charge in [-0.15, -0.1) is 0 Å². The molecule has 0 amide bonds. The molecule has 0 aliphatic rings. The van der Waals surface area contributed by atoms with Crippen LogP contribution in [-0.2, 0) is 19.1 Å². The van der Waals surface area contributed by atoms with Crippen molar-refractivity contribution in [3.8, 4) is 0 Å². The molecule has 0 unspecified atom stereocenters. The summed E-state index contributed by atoms with van der Waals surface area (Å²) in [4.78, 5) is 21.6. The minimum absolute atomic E-state index is 0. The summed E-state index contributed by atoms with van der Waals surface area (Å²) in [5.41, 5.74) is 0. The van der Waals surface area contributed by atoms with Crippen molar-refractivity contribution in [1.29, 1.82) is 0 Å². The Morgan fingerprint density at radius 2 is 1.80 bits per heavy atom. The van der Waals surface area contributed by atoms with E-state index in [-0.39, 0.29) is 75.1 Å². The van der Waals surface area contributed by atoms with Crippen LogP contribution in [0.1, 0.15) is 16.7 Å². The van der Waals surface area contributed by atoms with Crippen molar-refractivity contribution in [3.05, 3.63) is 0 Å². The summed E-state index contributed by atoms with van der Waals surface area (Å²) in [6.45, 7) is 4.58. The minimum atomic E-state index is -0.648. The van der Waals surface area contributed by atoms with Gasteiger partial charge in [-0.05, 0) is 13.5 Å². The molecule has 0 bridgehead atoms. The first-order valence-electron chi connectivity index (χ1n) is 4.22. The molecule has 0 radical (unpaired) electrons. The van der Waals surface area contributed by atoms with Crippen molar-refractivity contribution < 1.29 is 81.0 Å². The molecule has 0 saturated carbocycles. The zero-order valence-electron chi connectivity index (χ0n) is 12.0. The van der Waals surface area contributed by atoms with Gasteiger partial charge in [-0.2, -0.15) is 0 Å². The molecule has 0 saturated heterocycles. The summed E-state index contributed by atoms with van der Waals surface area (Å²) < 4.78 is 9.14. The number of likely N-dealkylation sites (N-methyl/N-ethyl adjacent to an activating group) is 1. The molecular weight excluding hydrogens is 220 g/mol. The fourth-order valence-electron chi connectivity index (χ4n) is 0.605. The standard InChI is InChI=1S/C8H15NO4.2Na.2H/c1-3-9-5-7(10)13-8(11)6-12-4-2;;;;/h9H,3-6H2,1-2H3;;;;/q;2*+1;2*-1. The molecule has 80 valence electrons. The normalized spacial score (nSPS) is 8.40. The Morgan fingerprint density at radius 1 is 1.20 bits per heavy atom. The van der Waals surface area contributed by atoms with E-state index in [2.05, 4.69) is 10.1 Å². The van der Waals surface area contributed by atoms with E-state index < -0.39 is 11.9 Å². The maximum Gasteiger partial charge on any atom is 1.00 e. The van der Waals surface area contributed by atoms with Gasteiger partial charge < -0.3 is 17.6 Å². The SMILES string of the molecule is CCNCC(=O)OC(=O)COCC.[H-].[H-].[Na+].[Na+]. The van der Waals surface area contributed by atoms with Crippen molar-refractivity contribution in [2.75, 3.05) is 26.3 Å². The van der Waals surface area contributed by atoms with E-state index in [1.807, 2.05) is 6.92 Å².